The van der Waals surface area contributed by atoms with Crippen LogP contribution in [0.3, 0.4) is 0 Å². The molecule has 0 fully saturated rings. The molecule has 0 unspecified atom stereocenters. The fourth-order valence-electron chi connectivity index (χ4n) is 2.30. The Kier molecular flexibility index (Phi) is 12.3. The molecule has 1 aliphatic carbocycles. The van der Waals surface area contributed by atoms with Crippen LogP contribution in [0.4, 0.5) is 0 Å². The predicted molar refractivity (Wildman–Crippen MR) is 99.1 cm³/mol. The zero-order valence-electron chi connectivity index (χ0n) is 13.2. The highest BCUT2D eigenvalue weighted by atomic mass is 127. The van der Waals surface area contributed by atoms with Gasteiger partial charge in [0.25, 0.3) is 0 Å². The molecule has 4 nitrogen and oxygen atoms in total. The number of nitrogens with one attached hydrogen (secondary N) is 2. The number of allylic oxidation sites excluding steroid dienone is 1. The van der Waals surface area contributed by atoms with Gasteiger partial charge in [0.15, 0.2) is 5.96 Å². The third-order valence-corrected chi connectivity index (χ3v) is 3.42. The van der Waals surface area contributed by atoms with Gasteiger partial charge in [-0.15, -0.1) is 24.0 Å². The average Bonchev–Trinajstić information content (AvgIpc) is 2.42. The molecule has 0 aromatic heterocycles. The van der Waals surface area contributed by atoms with Crippen molar-refractivity contribution in [2.75, 3.05) is 40.8 Å². The van der Waals surface area contributed by atoms with E-state index in [4.69, 9.17) is 0 Å². The summed E-state index contributed by atoms with van der Waals surface area (Å²) in [6.45, 7) is 3.07. The summed E-state index contributed by atoms with van der Waals surface area (Å²) in [6.07, 6.45) is 9.99. The third kappa shape index (κ3) is 9.58. The Bertz CT molecular complexity index is 300. The van der Waals surface area contributed by atoms with Crippen LogP contribution >= 0.6 is 24.0 Å². The molecule has 0 saturated carbocycles. The van der Waals surface area contributed by atoms with Gasteiger partial charge in [-0.2, -0.15) is 0 Å². The third-order valence-electron chi connectivity index (χ3n) is 3.42. The second kappa shape index (κ2) is 12.4. The summed E-state index contributed by atoms with van der Waals surface area (Å²) < 4.78 is 0. The van der Waals surface area contributed by atoms with Crippen molar-refractivity contribution in [3.05, 3.63) is 11.6 Å². The van der Waals surface area contributed by atoms with Crippen molar-refractivity contribution in [1.29, 1.82) is 0 Å². The lowest BCUT2D eigenvalue weighted by molar-refractivity contribution is 0.399. The first-order chi connectivity index (χ1) is 9.22. The van der Waals surface area contributed by atoms with E-state index in [0.717, 1.165) is 38.4 Å². The SMILES string of the molecule is CN=C(NCCCN(C)C)NCCC1=CCCCC1.I. The molecule has 0 heterocycles. The van der Waals surface area contributed by atoms with Gasteiger partial charge in [0.2, 0.25) is 0 Å². The summed E-state index contributed by atoms with van der Waals surface area (Å²) in [7, 11) is 6.04. The lowest BCUT2D eigenvalue weighted by atomic mass is 9.97. The van der Waals surface area contributed by atoms with Gasteiger partial charge in [0.05, 0.1) is 0 Å². The van der Waals surface area contributed by atoms with Gasteiger partial charge in [-0.1, -0.05) is 11.6 Å². The number of hydrogen-bond acceptors (Lipinski definition) is 2. The highest BCUT2D eigenvalue weighted by Crippen LogP contribution is 2.19. The Balaban J connectivity index is 0.00000361. The normalized spacial score (nSPS) is 15.6. The highest BCUT2D eigenvalue weighted by molar-refractivity contribution is 14.0. The van der Waals surface area contributed by atoms with E-state index >= 15 is 0 Å². The van der Waals surface area contributed by atoms with Crippen molar-refractivity contribution in [2.24, 2.45) is 4.99 Å². The average molecular weight is 394 g/mol. The van der Waals surface area contributed by atoms with E-state index < -0.39 is 0 Å². The first-order valence-corrected chi connectivity index (χ1v) is 7.49. The quantitative estimate of drug-likeness (QED) is 0.229. The van der Waals surface area contributed by atoms with Crippen LogP contribution in [0, 0.1) is 0 Å². The smallest absolute Gasteiger partial charge is 0.190 e. The van der Waals surface area contributed by atoms with Gasteiger partial charge in [0, 0.05) is 20.1 Å². The fourth-order valence-corrected chi connectivity index (χ4v) is 2.30. The Morgan fingerprint density at radius 3 is 2.60 bits per heavy atom. The number of halogens is 1. The largest absolute Gasteiger partial charge is 0.356 e. The lowest BCUT2D eigenvalue weighted by Gasteiger charge is -2.15. The van der Waals surface area contributed by atoms with Crippen molar-refractivity contribution in [3.63, 3.8) is 0 Å². The van der Waals surface area contributed by atoms with Gasteiger partial charge >= 0.3 is 0 Å². The maximum absolute atomic E-state index is 4.25. The number of hydrogen-bond donors (Lipinski definition) is 2. The Morgan fingerprint density at radius 2 is 2.00 bits per heavy atom. The van der Waals surface area contributed by atoms with Gasteiger partial charge in [-0.3, -0.25) is 4.99 Å². The van der Waals surface area contributed by atoms with E-state index in [1.165, 1.54) is 25.7 Å². The van der Waals surface area contributed by atoms with E-state index in [9.17, 15) is 0 Å². The molecule has 118 valence electrons. The van der Waals surface area contributed by atoms with Crippen molar-refractivity contribution in [2.45, 2.75) is 38.5 Å². The zero-order valence-corrected chi connectivity index (χ0v) is 15.6. The molecule has 0 radical (unpaired) electrons. The monoisotopic (exact) mass is 394 g/mol. The zero-order chi connectivity index (χ0) is 13.9. The summed E-state index contributed by atoms with van der Waals surface area (Å²) in [5.41, 5.74) is 1.61. The molecule has 0 amide bonds. The molecule has 0 aromatic rings. The molecule has 2 N–H and O–H groups in total. The second-order valence-electron chi connectivity index (χ2n) is 5.44. The first-order valence-electron chi connectivity index (χ1n) is 7.49. The van der Waals surface area contributed by atoms with Crippen LogP contribution in [0.25, 0.3) is 0 Å². The van der Waals surface area contributed by atoms with Gasteiger partial charge in [0.1, 0.15) is 0 Å². The van der Waals surface area contributed by atoms with E-state index in [1.807, 2.05) is 7.05 Å². The van der Waals surface area contributed by atoms with Crippen molar-refractivity contribution >= 4 is 29.9 Å². The van der Waals surface area contributed by atoms with Crippen LogP contribution in [-0.2, 0) is 0 Å². The molecular formula is C15H31IN4. The molecule has 20 heavy (non-hydrogen) atoms. The molecule has 0 aromatic carbocycles. The minimum Gasteiger partial charge on any atom is -0.356 e. The first kappa shape index (κ1) is 19.7. The Labute approximate surface area is 141 Å². The minimum absolute atomic E-state index is 0. The summed E-state index contributed by atoms with van der Waals surface area (Å²) in [5, 5.41) is 6.74. The summed E-state index contributed by atoms with van der Waals surface area (Å²) in [6, 6.07) is 0. The lowest BCUT2D eigenvalue weighted by Crippen LogP contribution is -2.39. The van der Waals surface area contributed by atoms with Gasteiger partial charge in [-0.05, 0) is 59.2 Å². The van der Waals surface area contributed by atoms with Crippen LogP contribution < -0.4 is 10.6 Å². The molecule has 0 saturated heterocycles. The Hall–Kier alpha value is -0.300. The second-order valence-corrected chi connectivity index (χ2v) is 5.44. The molecular weight excluding hydrogens is 363 g/mol. The van der Waals surface area contributed by atoms with Gasteiger partial charge in [-0.25, -0.2) is 0 Å². The maximum atomic E-state index is 4.25. The van der Waals surface area contributed by atoms with E-state index in [2.05, 4.69) is 40.7 Å². The van der Waals surface area contributed by atoms with Crippen LogP contribution in [-0.4, -0.2) is 51.6 Å². The Morgan fingerprint density at radius 1 is 1.25 bits per heavy atom. The molecule has 0 spiro atoms. The maximum Gasteiger partial charge on any atom is 0.190 e. The highest BCUT2D eigenvalue weighted by Gasteiger charge is 2.03. The number of rotatable bonds is 7. The van der Waals surface area contributed by atoms with E-state index in [-0.39, 0.29) is 24.0 Å². The molecule has 0 atom stereocenters. The molecule has 1 rings (SSSR count). The molecule has 0 aliphatic heterocycles. The minimum atomic E-state index is 0. The topological polar surface area (TPSA) is 39.7 Å². The molecule has 0 bridgehead atoms. The van der Waals surface area contributed by atoms with E-state index in [1.54, 1.807) is 5.57 Å². The van der Waals surface area contributed by atoms with Crippen molar-refractivity contribution in [1.82, 2.24) is 15.5 Å². The van der Waals surface area contributed by atoms with Crippen molar-refractivity contribution in [3.8, 4) is 0 Å². The van der Waals surface area contributed by atoms with Crippen LogP contribution in [0.15, 0.2) is 16.6 Å². The predicted octanol–water partition coefficient (Wildman–Crippen LogP) is 2.61. The van der Waals surface area contributed by atoms with Crippen LogP contribution in [0.5, 0.6) is 0 Å². The summed E-state index contributed by atoms with van der Waals surface area (Å²) >= 11 is 0. The number of nitrogens with zero attached hydrogens (tertiary/aromatic N) is 2. The summed E-state index contributed by atoms with van der Waals surface area (Å²) in [4.78, 5) is 6.45. The number of guanidine groups is 1. The molecule has 1 aliphatic rings. The van der Waals surface area contributed by atoms with Gasteiger partial charge < -0.3 is 15.5 Å². The molecule has 5 heteroatoms. The van der Waals surface area contributed by atoms with Crippen LogP contribution in [0.1, 0.15) is 38.5 Å². The van der Waals surface area contributed by atoms with Crippen LogP contribution in [0.2, 0.25) is 0 Å². The van der Waals surface area contributed by atoms with Crippen molar-refractivity contribution < 1.29 is 0 Å². The fraction of sp³-hybridized carbons (Fsp3) is 0.800. The summed E-state index contributed by atoms with van der Waals surface area (Å²) in [5.74, 6) is 0.926. The number of aliphatic imine (C=N–C) groups is 1. The standard InChI is InChI=1S/C15H30N4.HI/c1-16-15(17-11-7-13-19(2)3)18-12-10-14-8-5-4-6-9-14;/h8H,4-7,9-13H2,1-3H3,(H2,16,17,18);1H. The van der Waals surface area contributed by atoms with E-state index in [0.29, 0.717) is 0 Å².